The first-order valence-corrected chi connectivity index (χ1v) is 6.50. The van der Waals surface area contributed by atoms with Crippen LogP contribution in [-0.4, -0.2) is 28.7 Å². The van der Waals surface area contributed by atoms with Gasteiger partial charge in [0.25, 0.3) is 0 Å². The Hall–Kier alpha value is -1.36. The summed E-state index contributed by atoms with van der Waals surface area (Å²) in [4.78, 5) is 8.70. The molecule has 102 valence electrons. The molecule has 1 rings (SSSR count). The van der Waals surface area contributed by atoms with Crippen molar-refractivity contribution in [3.8, 4) is 5.88 Å². The minimum Gasteiger partial charge on any atom is -0.475 e. The lowest BCUT2D eigenvalue weighted by Crippen LogP contribution is -2.19. The fourth-order valence-electron chi connectivity index (χ4n) is 1.62. The fourth-order valence-corrected chi connectivity index (χ4v) is 1.62. The predicted octanol–water partition coefficient (Wildman–Crippen LogP) is 2.11. The van der Waals surface area contributed by atoms with Crippen LogP contribution < -0.4 is 15.8 Å². The topological polar surface area (TPSA) is 73.1 Å². The summed E-state index contributed by atoms with van der Waals surface area (Å²) in [7, 11) is 0. The van der Waals surface area contributed by atoms with Gasteiger partial charge in [0, 0.05) is 17.8 Å². The van der Waals surface area contributed by atoms with Crippen LogP contribution in [-0.2, 0) is 0 Å². The summed E-state index contributed by atoms with van der Waals surface area (Å²) in [5.74, 6) is 1.24. The molecule has 5 nitrogen and oxygen atoms in total. The van der Waals surface area contributed by atoms with E-state index in [1.54, 1.807) is 0 Å². The molecule has 0 aromatic carbocycles. The van der Waals surface area contributed by atoms with E-state index in [1.165, 1.54) is 0 Å². The number of aromatic nitrogens is 2. The number of aryl methyl sites for hydroxylation is 1. The molecule has 1 aromatic rings. The number of anilines is 1. The zero-order valence-electron chi connectivity index (χ0n) is 11.7. The summed E-state index contributed by atoms with van der Waals surface area (Å²) >= 11 is 0. The van der Waals surface area contributed by atoms with E-state index in [0.717, 1.165) is 18.5 Å². The van der Waals surface area contributed by atoms with Gasteiger partial charge >= 0.3 is 0 Å². The van der Waals surface area contributed by atoms with Crippen LogP contribution in [0.4, 0.5) is 5.95 Å². The Kier molecular flexibility index (Phi) is 5.85. The van der Waals surface area contributed by atoms with Gasteiger partial charge in [-0.25, -0.2) is 4.98 Å². The number of nitrogens with one attached hydrogen (secondary N) is 1. The molecule has 1 aromatic heterocycles. The van der Waals surface area contributed by atoms with Crippen LogP contribution in [0.15, 0.2) is 6.07 Å². The quantitative estimate of drug-likeness (QED) is 0.777. The second kappa shape index (κ2) is 7.16. The molecule has 3 N–H and O–H groups in total. The summed E-state index contributed by atoms with van der Waals surface area (Å²) < 4.78 is 5.59. The first kappa shape index (κ1) is 14.7. The molecular formula is C13H24N4O. The van der Waals surface area contributed by atoms with Crippen molar-refractivity contribution in [3.63, 3.8) is 0 Å². The number of hydrogen-bond donors (Lipinski definition) is 2. The number of hydrogen-bond acceptors (Lipinski definition) is 5. The van der Waals surface area contributed by atoms with E-state index in [1.807, 2.05) is 26.8 Å². The summed E-state index contributed by atoms with van der Waals surface area (Å²) in [6.45, 7) is 8.71. The van der Waals surface area contributed by atoms with Crippen LogP contribution in [0.2, 0.25) is 0 Å². The highest BCUT2D eigenvalue weighted by molar-refractivity contribution is 5.31. The molecule has 0 saturated carbocycles. The van der Waals surface area contributed by atoms with Gasteiger partial charge in [0.15, 0.2) is 0 Å². The first-order chi connectivity index (χ1) is 8.51. The summed E-state index contributed by atoms with van der Waals surface area (Å²) in [6.07, 6.45) is 2.12. The lowest BCUT2D eigenvalue weighted by Gasteiger charge is -2.15. The smallest absolute Gasteiger partial charge is 0.226 e. The molecule has 0 aliphatic carbocycles. The molecule has 0 saturated heterocycles. The van der Waals surface area contributed by atoms with Gasteiger partial charge < -0.3 is 15.8 Å². The zero-order chi connectivity index (χ0) is 13.5. The monoisotopic (exact) mass is 252 g/mol. The molecule has 18 heavy (non-hydrogen) atoms. The number of nitrogens with zero attached hydrogens (tertiary/aromatic N) is 2. The van der Waals surface area contributed by atoms with Crippen LogP contribution in [0.3, 0.4) is 0 Å². The third-order valence-electron chi connectivity index (χ3n) is 2.40. The Morgan fingerprint density at radius 1 is 1.33 bits per heavy atom. The van der Waals surface area contributed by atoms with Gasteiger partial charge in [-0.05, 0) is 47.1 Å². The summed E-state index contributed by atoms with van der Waals surface area (Å²) in [6, 6.07) is 2.15. The molecule has 0 fully saturated rings. The lowest BCUT2D eigenvalue weighted by molar-refractivity contribution is 0.232. The molecule has 0 spiro atoms. The van der Waals surface area contributed by atoms with Gasteiger partial charge in [0.1, 0.15) is 0 Å². The van der Waals surface area contributed by atoms with Crippen molar-refractivity contribution in [2.45, 2.75) is 52.7 Å². The van der Waals surface area contributed by atoms with Gasteiger partial charge in [-0.15, -0.1) is 0 Å². The third kappa shape index (κ3) is 5.31. The van der Waals surface area contributed by atoms with Crippen molar-refractivity contribution >= 4 is 5.95 Å². The van der Waals surface area contributed by atoms with Gasteiger partial charge in [-0.2, -0.15) is 4.98 Å². The largest absolute Gasteiger partial charge is 0.475 e. The molecular weight excluding hydrogens is 228 g/mol. The van der Waals surface area contributed by atoms with E-state index in [0.29, 0.717) is 24.4 Å². The van der Waals surface area contributed by atoms with Crippen molar-refractivity contribution in [1.82, 2.24) is 9.97 Å². The molecule has 0 aliphatic rings. The van der Waals surface area contributed by atoms with Crippen molar-refractivity contribution in [1.29, 1.82) is 0 Å². The normalized spacial score (nSPS) is 12.6. The van der Waals surface area contributed by atoms with E-state index in [2.05, 4.69) is 22.2 Å². The van der Waals surface area contributed by atoms with E-state index < -0.39 is 0 Å². The highest BCUT2D eigenvalue weighted by atomic mass is 16.5. The second-order valence-electron chi connectivity index (χ2n) is 4.81. The van der Waals surface area contributed by atoms with Crippen LogP contribution in [0.25, 0.3) is 0 Å². The minimum atomic E-state index is 0.113. The molecule has 1 unspecified atom stereocenters. The van der Waals surface area contributed by atoms with Crippen LogP contribution in [0, 0.1) is 6.92 Å². The Labute approximate surface area is 109 Å². The molecule has 1 heterocycles. The van der Waals surface area contributed by atoms with Gasteiger partial charge in [-0.1, -0.05) is 0 Å². The second-order valence-corrected chi connectivity index (χ2v) is 4.81. The predicted molar refractivity (Wildman–Crippen MR) is 73.9 cm³/mol. The van der Waals surface area contributed by atoms with Gasteiger partial charge in [0.05, 0.1) is 6.10 Å². The number of ether oxygens (including phenoxy) is 1. The average molecular weight is 252 g/mol. The number of rotatable bonds is 7. The molecule has 5 heteroatoms. The van der Waals surface area contributed by atoms with Gasteiger partial charge in [0.2, 0.25) is 11.8 Å². The van der Waals surface area contributed by atoms with Crippen molar-refractivity contribution in [3.05, 3.63) is 11.8 Å². The standard InChI is InChI=1S/C13H24N4O/c1-9(2)18-12-8-11(4)16-13(17-12)15-10(3)6-5-7-14/h8-10H,5-7,14H2,1-4H3,(H,15,16,17). The molecule has 0 bridgehead atoms. The van der Waals surface area contributed by atoms with Crippen molar-refractivity contribution in [2.75, 3.05) is 11.9 Å². The minimum absolute atomic E-state index is 0.113. The van der Waals surface area contributed by atoms with Gasteiger partial charge in [-0.3, -0.25) is 0 Å². The number of nitrogens with two attached hydrogens (primary N) is 1. The van der Waals surface area contributed by atoms with Crippen molar-refractivity contribution in [2.24, 2.45) is 5.73 Å². The lowest BCUT2D eigenvalue weighted by atomic mass is 10.2. The Morgan fingerprint density at radius 3 is 2.67 bits per heavy atom. The van der Waals surface area contributed by atoms with E-state index >= 15 is 0 Å². The maximum Gasteiger partial charge on any atom is 0.226 e. The van der Waals surface area contributed by atoms with Crippen LogP contribution in [0.1, 0.15) is 39.3 Å². The zero-order valence-corrected chi connectivity index (χ0v) is 11.7. The Balaban J connectivity index is 2.67. The Bertz CT molecular complexity index is 368. The summed E-state index contributed by atoms with van der Waals surface area (Å²) in [5, 5.41) is 3.27. The Morgan fingerprint density at radius 2 is 2.06 bits per heavy atom. The summed E-state index contributed by atoms with van der Waals surface area (Å²) in [5.41, 5.74) is 6.39. The molecule has 1 atom stereocenters. The fraction of sp³-hybridized carbons (Fsp3) is 0.692. The van der Waals surface area contributed by atoms with Crippen LogP contribution in [0.5, 0.6) is 5.88 Å². The van der Waals surface area contributed by atoms with Crippen molar-refractivity contribution < 1.29 is 4.74 Å². The molecule has 0 radical (unpaired) electrons. The third-order valence-corrected chi connectivity index (χ3v) is 2.40. The van der Waals surface area contributed by atoms with E-state index in [9.17, 15) is 0 Å². The van der Waals surface area contributed by atoms with Crippen LogP contribution >= 0.6 is 0 Å². The highest BCUT2D eigenvalue weighted by Gasteiger charge is 2.07. The highest BCUT2D eigenvalue weighted by Crippen LogP contribution is 2.14. The van der Waals surface area contributed by atoms with E-state index in [4.69, 9.17) is 10.5 Å². The maximum absolute atomic E-state index is 5.59. The maximum atomic E-state index is 5.59. The SMILES string of the molecule is Cc1cc(OC(C)C)nc(NC(C)CCCN)n1. The first-order valence-electron chi connectivity index (χ1n) is 6.50. The molecule has 0 aliphatic heterocycles. The molecule has 0 amide bonds. The average Bonchev–Trinajstić information content (AvgIpc) is 2.24. The van der Waals surface area contributed by atoms with E-state index in [-0.39, 0.29) is 6.10 Å².